The predicted molar refractivity (Wildman–Crippen MR) is 108 cm³/mol. The molecule has 6 nitrogen and oxygen atoms in total. The van der Waals surface area contributed by atoms with Crippen LogP contribution in [-0.4, -0.2) is 21.1 Å². The summed E-state index contributed by atoms with van der Waals surface area (Å²) in [4.78, 5) is 21.0. The Labute approximate surface area is 164 Å². The molecule has 3 rings (SSSR count). The molecule has 3 aromatic rings. The molecule has 0 amide bonds. The van der Waals surface area contributed by atoms with Crippen molar-refractivity contribution in [1.82, 2.24) is 14.5 Å². The minimum absolute atomic E-state index is 0.0979. The van der Waals surface area contributed by atoms with Crippen LogP contribution >= 0.6 is 0 Å². The van der Waals surface area contributed by atoms with Crippen molar-refractivity contribution in [2.24, 2.45) is 0 Å². The quantitative estimate of drug-likeness (QED) is 0.593. The van der Waals surface area contributed by atoms with E-state index in [0.29, 0.717) is 18.2 Å². The summed E-state index contributed by atoms with van der Waals surface area (Å²) in [5.74, 6) is 1.93. The van der Waals surface area contributed by atoms with E-state index in [1.807, 2.05) is 44.2 Å². The third kappa shape index (κ3) is 4.76. The molecule has 0 radical (unpaired) electrons. The van der Waals surface area contributed by atoms with Crippen LogP contribution in [0.2, 0.25) is 0 Å². The Morgan fingerprint density at radius 1 is 1.04 bits per heavy atom. The van der Waals surface area contributed by atoms with Crippen molar-refractivity contribution in [1.29, 1.82) is 0 Å². The Morgan fingerprint density at radius 2 is 1.75 bits per heavy atom. The molecule has 28 heavy (non-hydrogen) atoms. The van der Waals surface area contributed by atoms with Gasteiger partial charge in [0.15, 0.2) is 5.82 Å². The largest absolute Gasteiger partial charge is 0.494 e. The highest BCUT2D eigenvalue weighted by atomic mass is 16.5. The minimum atomic E-state index is -0.109. The van der Waals surface area contributed by atoms with Gasteiger partial charge in [0.25, 0.3) is 5.56 Å². The number of rotatable bonds is 8. The molecule has 146 valence electrons. The van der Waals surface area contributed by atoms with E-state index >= 15 is 0 Å². The second kappa shape index (κ2) is 9.17. The first-order valence-corrected chi connectivity index (χ1v) is 9.43. The van der Waals surface area contributed by atoms with Gasteiger partial charge < -0.3 is 14.0 Å². The molecule has 0 N–H and O–H groups in total. The Kier molecular flexibility index (Phi) is 6.42. The third-order valence-electron chi connectivity index (χ3n) is 4.44. The van der Waals surface area contributed by atoms with Crippen molar-refractivity contribution in [3.63, 3.8) is 0 Å². The number of ether oxygens (including phenoxy) is 2. The van der Waals surface area contributed by atoms with Gasteiger partial charge in [-0.3, -0.25) is 4.79 Å². The van der Waals surface area contributed by atoms with Gasteiger partial charge in [0.2, 0.25) is 0 Å². The van der Waals surface area contributed by atoms with E-state index in [0.717, 1.165) is 23.4 Å². The van der Waals surface area contributed by atoms with E-state index in [-0.39, 0.29) is 18.2 Å². The molecule has 0 saturated carbocycles. The summed E-state index contributed by atoms with van der Waals surface area (Å²) in [6.07, 6.45) is 4.29. The second-order valence-corrected chi connectivity index (χ2v) is 6.59. The number of hydrogen-bond donors (Lipinski definition) is 0. The fourth-order valence-electron chi connectivity index (χ4n) is 3.03. The summed E-state index contributed by atoms with van der Waals surface area (Å²) in [5, 5.41) is 0. The number of nitrogens with zero attached hydrogens (tertiary/aromatic N) is 3. The lowest BCUT2D eigenvalue weighted by molar-refractivity contribution is 0.294. The van der Waals surface area contributed by atoms with Gasteiger partial charge in [-0.15, -0.1) is 0 Å². The van der Waals surface area contributed by atoms with Crippen molar-refractivity contribution in [3.8, 4) is 11.5 Å². The lowest BCUT2D eigenvalue weighted by atomic mass is 10.1. The summed E-state index contributed by atoms with van der Waals surface area (Å²) in [6, 6.07) is 12.9. The highest BCUT2D eigenvalue weighted by Crippen LogP contribution is 2.22. The monoisotopic (exact) mass is 379 g/mol. The van der Waals surface area contributed by atoms with Gasteiger partial charge in [0.05, 0.1) is 12.6 Å². The molecule has 0 saturated heterocycles. The third-order valence-corrected chi connectivity index (χ3v) is 4.44. The molecule has 0 fully saturated rings. The average molecular weight is 379 g/mol. The molecule has 1 unspecified atom stereocenters. The first-order chi connectivity index (χ1) is 13.6. The molecule has 0 bridgehead atoms. The predicted octanol–water partition coefficient (Wildman–Crippen LogP) is 3.92. The van der Waals surface area contributed by atoms with E-state index in [1.165, 1.54) is 6.07 Å². The molecule has 0 aliphatic carbocycles. The van der Waals surface area contributed by atoms with Crippen molar-refractivity contribution in [3.05, 3.63) is 82.3 Å². The second-order valence-electron chi connectivity index (χ2n) is 6.59. The summed E-state index contributed by atoms with van der Waals surface area (Å²) in [7, 11) is 0. The van der Waals surface area contributed by atoms with Gasteiger partial charge in [0.1, 0.15) is 18.1 Å². The normalized spacial score (nSPS) is 11.8. The standard InChI is InChI=1S/C22H25N3O3/c1-4-12-27-19-8-6-18(7-9-19)17(3)25-16(2)13-20(14-22(25)26)28-15-21-23-10-5-11-24-21/h5-11,13-14,17H,4,12,15H2,1-3H3. The molecule has 0 aliphatic heterocycles. The zero-order valence-electron chi connectivity index (χ0n) is 16.5. The van der Waals surface area contributed by atoms with E-state index in [9.17, 15) is 4.79 Å². The van der Waals surface area contributed by atoms with Crippen LogP contribution in [-0.2, 0) is 6.61 Å². The van der Waals surface area contributed by atoms with Crippen LogP contribution in [0.5, 0.6) is 11.5 Å². The molecule has 1 aromatic carbocycles. The topological polar surface area (TPSA) is 66.2 Å². The number of benzene rings is 1. The lowest BCUT2D eigenvalue weighted by Gasteiger charge is -2.20. The Balaban J connectivity index is 1.75. The summed E-state index contributed by atoms with van der Waals surface area (Å²) < 4.78 is 13.1. The van der Waals surface area contributed by atoms with Crippen LogP contribution in [0.4, 0.5) is 0 Å². The van der Waals surface area contributed by atoms with Gasteiger partial charge in [-0.2, -0.15) is 0 Å². The molecular formula is C22H25N3O3. The van der Waals surface area contributed by atoms with E-state index in [2.05, 4.69) is 16.9 Å². The molecule has 1 atom stereocenters. The van der Waals surface area contributed by atoms with Crippen LogP contribution in [0, 0.1) is 6.92 Å². The summed E-state index contributed by atoms with van der Waals surface area (Å²) >= 11 is 0. The molecular weight excluding hydrogens is 354 g/mol. The van der Waals surface area contributed by atoms with Gasteiger partial charge in [-0.05, 0) is 50.1 Å². The zero-order valence-corrected chi connectivity index (χ0v) is 16.5. The van der Waals surface area contributed by atoms with E-state index < -0.39 is 0 Å². The molecule has 0 aliphatic rings. The molecule has 2 heterocycles. The number of hydrogen-bond acceptors (Lipinski definition) is 5. The number of aromatic nitrogens is 3. The Bertz CT molecular complexity index is 953. The SMILES string of the molecule is CCCOc1ccc(C(C)n2c(C)cc(OCc3ncccn3)cc2=O)cc1. The van der Waals surface area contributed by atoms with Crippen LogP contribution < -0.4 is 15.0 Å². The highest BCUT2D eigenvalue weighted by Gasteiger charge is 2.13. The maximum absolute atomic E-state index is 12.7. The smallest absolute Gasteiger partial charge is 0.254 e. The lowest BCUT2D eigenvalue weighted by Crippen LogP contribution is -2.25. The number of aryl methyl sites for hydroxylation is 1. The Hall–Kier alpha value is -3.15. The maximum atomic E-state index is 12.7. The fourth-order valence-corrected chi connectivity index (χ4v) is 3.03. The molecule has 0 spiro atoms. The average Bonchev–Trinajstić information content (AvgIpc) is 2.71. The van der Waals surface area contributed by atoms with Crippen molar-refractivity contribution in [2.45, 2.75) is 39.8 Å². The first kappa shape index (κ1) is 19.6. The van der Waals surface area contributed by atoms with Crippen LogP contribution in [0.25, 0.3) is 0 Å². The van der Waals surface area contributed by atoms with Crippen molar-refractivity contribution < 1.29 is 9.47 Å². The molecule has 2 aromatic heterocycles. The van der Waals surface area contributed by atoms with Crippen molar-refractivity contribution in [2.75, 3.05) is 6.61 Å². The molecule has 6 heteroatoms. The number of pyridine rings is 1. The fraction of sp³-hybridized carbons (Fsp3) is 0.318. The van der Waals surface area contributed by atoms with Crippen molar-refractivity contribution >= 4 is 0 Å². The summed E-state index contributed by atoms with van der Waals surface area (Å²) in [5.41, 5.74) is 1.76. The van der Waals surface area contributed by atoms with Gasteiger partial charge in [-0.25, -0.2) is 9.97 Å². The van der Waals surface area contributed by atoms with E-state index in [4.69, 9.17) is 9.47 Å². The minimum Gasteiger partial charge on any atom is -0.494 e. The summed E-state index contributed by atoms with van der Waals surface area (Å²) in [6.45, 7) is 6.91. The first-order valence-electron chi connectivity index (χ1n) is 9.43. The van der Waals surface area contributed by atoms with Crippen LogP contribution in [0.15, 0.2) is 59.7 Å². The van der Waals surface area contributed by atoms with Crippen LogP contribution in [0.1, 0.15) is 43.4 Å². The zero-order chi connectivity index (χ0) is 19.9. The Morgan fingerprint density at radius 3 is 2.39 bits per heavy atom. The van der Waals surface area contributed by atoms with E-state index in [1.54, 1.807) is 23.0 Å². The highest BCUT2D eigenvalue weighted by molar-refractivity contribution is 5.31. The van der Waals surface area contributed by atoms with Gasteiger partial charge in [0, 0.05) is 24.2 Å². The van der Waals surface area contributed by atoms with Crippen LogP contribution in [0.3, 0.4) is 0 Å². The maximum Gasteiger partial charge on any atom is 0.254 e. The van der Waals surface area contributed by atoms with Gasteiger partial charge in [-0.1, -0.05) is 19.1 Å². The van der Waals surface area contributed by atoms with Gasteiger partial charge >= 0.3 is 0 Å².